The molecule has 0 bridgehead atoms. The molecule has 0 radical (unpaired) electrons. The first-order valence-electron chi connectivity index (χ1n) is 7.11. The van der Waals surface area contributed by atoms with E-state index in [0.717, 1.165) is 12.5 Å². The smallest absolute Gasteiger partial charge is 0.258 e. The van der Waals surface area contributed by atoms with Crippen molar-refractivity contribution >= 4 is 11.9 Å². The molecule has 2 aliphatic carbocycles. The third kappa shape index (κ3) is 2.40. The van der Waals surface area contributed by atoms with E-state index in [1.165, 1.54) is 43.0 Å². The molecule has 2 aliphatic rings. The molecular weight excluding hydrogens is 270 g/mol. The molecule has 0 aliphatic heterocycles. The number of hydrogen-bond acceptors (Lipinski definition) is 8. The zero-order chi connectivity index (χ0) is 14.3. The third-order valence-corrected chi connectivity index (χ3v) is 4.31. The Balaban J connectivity index is 1.55. The van der Waals surface area contributed by atoms with Gasteiger partial charge in [0.1, 0.15) is 12.7 Å². The van der Waals surface area contributed by atoms with E-state index in [2.05, 4.69) is 35.8 Å². The molecule has 0 atom stereocenters. The van der Waals surface area contributed by atoms with Gasteiger partial charge >= 0.3 is 0 Å². The van der Waals surface area contributed by atoms with Crippen molar-refractivity contribution in [3.63, 3.8) is 0 Å². The van der Waals surface area contributed by atoms with E-state index in [1.54, 1.807) is 0 Å². The molecule has 4 N–H and O–H groups in total. The van der Waals surface area contributed by atoms with E-state index in [9.17, 15) is 0 Å². The van der Waals surface area contributed by atoms with Gasteiger partial charge in [0.15, 0.2) is 0 Å². The maximum Gasteiger partial charge on any atom is 0.258 e. The predicted molar refractivity (Wildman–Crippen MR) is 75.4 cm³/mol. The number of hydrogen-bond donors (Lipinski definition) is 3. The van der Waals surface area contributed by atoms with Gasteiger partial charge in [0.2, 0.25) is 11.9 Å². The molecule has 0 aromatic carbocycles. The highest BCUT2D eigenvalue weighted by atomic mass is 15.4. The normalized spacial score (nSPS) is 19.3. The van der Waals surface area contributed by atoms with E-state index >= 15 is 0 Å². The van der Waals surface area contributed by atoms with Gasteiger partial charge in [0, 0.05) is 6.54 Å². The molecule has 21 heavy (non-hydrogen) atoms. The summed E-state index contributed by atoms with van der Waals surface area (Å²) >= 11 is 0. The lowest BCUT2D eigenvalue weighted by Crippen LogP contribution is -2.21. The summed E-state index contributed by atoms with van der Waals surface area (Å²) in [5.74, 6) is 7.49. The van der Waals surface area contributed by atoms with Crippen molar-refractivity contribution in [3.8, 4) is 5.95 Å². The molecule has 2 fully saturated rings. The summed E-state index contributed by atoms with van der Waals surface area (Å²) in [6, 6.07) is 0. The van der Waals surface area contributed by atoms with Gasteiger partial charge in [-0.1, -0.05) is 0 Å². The van der Waals surface area contributed by atoms with E-state index in [-0.39, 0.29) is 0 Å². The molecule has 0 saturated heterocycles. The molecular formula is C12H17N9. The van der Waals surface area contributed by atoms with Gasteiger partial charge in [-0.25, -0.2) is 10.8 Å². The zero-order valence-electron chi connectivity index (χ0n) is 11.5. The molecule has 4 rings (SSSR count). The molecule has 9 heteroatoms. The Hall–Kier alpha value is -2.29. The van der Waals surface area contributed by atoms with Crippen LogP contribution in [0.15, 0.2) is 12.7 Å². The minimum Gasteiger partial charge on any atom is -0.353 e. The average molecular weight is 287 g/mol. The second-order valence-corrected chi connectivity index (χ2v) is 5.76. The fourth-order valence-corrected chi connectivity index (χ4v) is 2.76. The highest BCUT2D eigenvalue weighted by Gasteiger charge is 2.53. The SMILES string of the molecule is NNc1nc(NCC2(C3CC3)CC2)nc(-n2cncn2)n1. The first-order chi connectivity index (χ1) is 10.3. The Bertz CT molecular complexity index is 630. The number of anilines is 2. The van der Waals surface area contributed by atoms with Gasteiger partial charge in [0.25, 0.3) is 5.95 Å². The summed E-state index contributed by atoms with van der Waals surface area (Å²) in [4.78, 5) is 16.7. The lowest BCUT2D eigenvalue weighted by Gasteiger charge is -2.15. The first kappa shape index (κ1) is 12.5. The van der Waals surface area contributed by atoms with Crippen LogP contribution >= 0.6 is 0 Å². The van der Waals surface area contributed by atoms with Crippen molar-refractivity contribution in [1.82, 2.24) is 29.7 Å². The van der Waals surface area contributed by atoms with Gasteiger partial charge in [-0.15, -0.1) is 0 Å². The number of nitrogens with zero attached hydrogens (tertiary/aromatic N) is 6. The number of nitrogens with two attached hydrogens (primary N) is 1. The van der Waals surface area contributed by atoms with Crippen LogP contribution < -0.4 is 16.6 Å². The van der Waals surface area contributed by atoms with Gasteiger partial charge in [0.05, 0.1) is 0 Å². The monoisotopic (exact) mass is 287 g/mol. The lowest BCUT2D eigenvalue weighted by molar-refractivity contribution is 0.465. The predicted octanol–water partition coefficient (Wildman–Crippen LogP) is 0.340. The van der Waals surface area contributed by atoms with E-state index in [1.807, 2.05) is 0 Å². The second kappa shape index (κ2) is 4.62. The van der Waals surface area contributed by atoms with Crippen LogP contribution in [0.3, 0.4) is 0 Å². The highest BCUT2D eigenvalue weighted by Crippen LogP contribution is 2.61. The van der Waals surface area contributed by atoms with Crippen molar-refractivity contribution in [2.24, 2.45) is 17.2 Å². The molecule has 2 saturated carbocycles. The van der Waals surface area contributed by atoms with Crippen molar-refractivity contribution in [3.05, 3.63) is 12.7 Å². The highest BCUT2D eigenvalue weighted by molar-refractivity contribution is 5.37. The number of nitrogen functional groups attached to an aromatic ring is 1. The fourth-order valence-electron chi connectivity index (χ4n) is 2.76. The average Bonchev–Trinajstić information content (AvgIpc) is 3.43. The van der Waals surface area contributed by atoms with Crippen LogP contribution in [0, 0.1) is 11.3 Å². The second-order valence-electron chi connectivity index (χ2n) is 5.76. The number of hydrazine groups is 1. The number of nitrogens with one attached hydrogen (secondary N) is 2. The third-order valence-electron chi connectivity index (χ3n) is 4.31. The van der Waals surface area contributed by atoms with Gasteiger partial charge in [-0.05, 0) is 37.0 Å². The molecule has 0 spiro atoms. The standard InChI is InChI=1S/C12H17N9/c13-20-10-17-9(15-5-12(3-4-12)8-1-2-8)18-11(19-10)21-7-14-6-16-21/h6-8H,1-5,13H2,(H2,15,17,18,19,20). The Labute approximate surface area is 121 Å². The Morgan fingerprint density at radius 2 is 2.05 bits per heavy atom. The van der Waals surface area contributed by atoms with E-state index < -0.39 is 0 Å². The molecule has 0 amide bonds. The van der Waals surface area contributed by atoms with Crippen LogP contribution in [0.4, 0.5) is 11.9 Å². The molecule has 0 unspecified atom stereocenters. The summed E-state index contributed by atoms with van der Waals surface area (Å²) in [5.41, 5.74) is 2.92. The maximum absolute atomic E-state index is 5.42. The van der Waals surface area contributed by atoms with Crippen LogP contribution in [0.25, 0.3) is 5.95 Å². The fraction of sp³-hybridized carbons (Fsp3) is 0.583. The van der Waals surface area contributed by atoms with Crippen molar-refractivity contribution in [2.75, 3.05) is 17.3 Å². The van der Waals surface area contributed by atoms with Crippen molar-refractivity contribution < 1.29 is 0 Å². The summed E-state index contributed by atoms with van der Waals surface area (Å²) in [5, 5.41) is 7.35. The Morgan fingerprint density at radius 1 is 1.24 bits per heavy atom. The quantitative estimate of drug-likeness (QED) is 0.514. The molecule has 9 nitrogen and oxygen atoms in total. The van der Waals surface area contributed by atoms with Gasteiger partial charge in [-0.2, -0.15) is 24.7 Å². The van der Waals surface area contributed by atoms with Crippen LogP contribution in [0.2, 0.25) is 0 Å². The molecule has 2 heterocycles. The molecule has 2 aromatic rings. The Kier molecular flexibility index (Phi) is 2.74. The van der Waals surface area contributed by atoms with Crippen LogP contribution in [-0.4, -0.2) is 36.3 Å². The lowest BCUT2D eigenvalue weighted by atomic mass is 10.0. The van der Waals surface area contributed by atoms with Crippen LogP contribution in [0.5, 0.6) is 0 Å². The summed E-state index contributed by atoms with van der Waals surface area (Å²) in [6.45, 7) is 0.905. The number of rotatable bonds is 6. The molecule has 110 valence electrons. The zero-order valence-corrected chi connectivity index (χ0v) is 11.5. The Morgan fingerprint density at radius 3 is 2.67 bits per heavy atom. The van der Waals surface area contributed by atoms with Crippen molar-refractivity contribution in [2.45, 2.75) is 25.7 Å². The van der Waals surface area contributed by atoms with E-state index in [0.29, 0.717) is 23.3 Å². The summed E-state index contributed by atoms with van der Waals surface area (Å²) < 4.78 is 1.47. The summed E-state index contributed by atoms with van der Waals surface area (Å²) in [6.07, 6.45) is 8.28. The van der Waals surface area contributed by atoms with Gasteiger partial charge in [-0.3, -0.25) is 5.43 Å². The molecule has 2 aromatic heterocycles. The minimum atomic E-state index is 0.300. The van der Waals surface area contributed by atoms with Crippen LogP contribution in [0.1, 0.15) is 25.7 Å². The first-order valence-corrected chi connectivity index (χ1v) is 7.11. The van der Waals surface area contributed by atoms with Gasteiger partial charge < -0.3 is 5.32 Å². The topological polar surface area (TPSA) is 119 Å². The maximum atomic E-state index is 5.42. The van der Waals surface area contributed by atoms with Crippen LogP contribution in [-0.2, 0) is 0 Å². The summed E-state index contributed by atoms with van der Waals surface area (Å²) in [7, 11) is 0. The van der Waals surface area contributed by atoms with E-state index in [4.69, 9.17) is 5.84 Å². The minimum absolute atomic E-state index is 0.300. The van der Waals surface area contributed by atoms with Crippen molar-refractivity contribution in [1.29, 1.82) is 0 Å². The number of aromatic nitrogens is 6. The largest absolute Gasteiger partial charge is 0.353 e.